The van der Waals surface area contributed by atoms with Crippen molar-refractivity contribution in [3.63, 3.8) is 0 Å². The maximum absolute atomic E-state index is 10.0. The van der Waals surface area contributed by atoms with E-state index in [4.69, 9.17) is 26.3 Å². The monoisotopic (exact) mass is 2040 g/mol. The van der Waals surface area contributed by atoms with Crippen LogP contribution in [0.2, 0.25) is 0 Å². The van der Waals surface area contributed by atoms with Gasteiger partial charge in [0.15, 0.2) is 17.7 Å². The van der Waals surface area contributed by atoms with Crippen LogP contribution < -0.4 is 52.0 Å². The number of fused-ring (bicyclic) bond motifs is 1. The minimum atomic E-state index is -1.22. The van der Waals surface area contributed by atoms with Crippen molar-refractivity contribution in [3.8, 4) is 22.8 Å². The number of para-hydroxylation sites is 6. The Balaban J connectivity index is 0.000000267. The molecule has 16 rings (SSSR count). The van der Waals surface area contributed by atoms with Crippen molar-refractivity contribution in [2.45, 2.75) is 34.4 Å². The summed E-state index contributed by atoms with van der Waals surface area (Å²) in [6, 6.07) is 131. The number of amidine groups is 2. The van der Waals surface area contributed by atoms with Crippen LogP contribution >= 0.6 is 25.1 Å². The normalized spacial score (nSPS) is 11.3. The number of ketones is 1. The first-order valence-corrected chi connectivity index (χ1v) is 43.5. The van der Waals surface area contributed by atoms with Crippen LogP contribution in [0.3, 0.4) is 0 Å². The predicted molar refractivity (Wildman–Crippen MR) is 523 cm³/mol. The van der Waals surface area contributed by atoms with Gasteiger partial charge in [-0.2, -0.15) is 22.8 Å². The van der Waals surface area contributed by atoms with Gasteiger partial charge < -0.3 is 46.9 Å². The number of nitrogens with zero attached hydrogens (tertiary/aromatic N) is 6. The Morgan fingerprint density at radius 1 is 0.571 bits per heavy atom. The van der Waals surface area contributed by atoms with Gasteiger partial charge in [0.1, 0.15) is 35.2 Å². The summed E-state index contributed by atoms with van der Waals surface area (Å²) in [6.07, 6.45) is 13.8. The minimum absolute atomic E-state index is 0. The van der Waals surface area contributed by atoms with Crippen LogP contribution in [0.25, 0.3) is 27.6 Å². The Morgan fingerprint density at radius 3 is 1.56 bits per heavy atom. The van der Waals surface area contributed by atoms with E-state index in [0.717, 1.165) is 83.4 Å². The summed E-state index contributed by atoms with van der Waals surface area (Å²) in [5.74, 6) is 4.63. The topological polar surface area (TPSA) is 176 Å². The molecule has 3 aromatic heterocycles. The maximum atomic E-state index is 10.0. The van der Waals surface area contributed by atoms with Crippen molar-refractivity contribution in [1.82, 2.24) is 15.3 Å². The van der Waals surface area contributed by atoms with E-state index < -0.39 is 7.92 Å². The van der Waals surface area contributed by atoms with Gasteiger partial charge in [-0.25, -0.2) is 37.5 Å². The smallest absolute Gasteiger partial charge is 0.774 e. The molecule has 0 aliphatic carbocycles. The number of carbonyl (C=O) groups excluding carboxylic acids is 1. The molecule has 126 heavy (non-hydrogen) atoms. The number of aliphatic imine (C=N–C) groups is 1. The third-order valence-corrected chi connectivity index (χ3v) is 23.3. The van der Waals surface area contributed by atoms with E-state index in [-0.39, 0.29) is 95.5 Å². The molecule has 0 amide bonds. The zero-order valence-electron chi connectivity index (χ0n) is 70.3. The van der Waals surface area contributed by atoms with Gasteiger partial charge in [0.25, 0.3) is 7.28 Å². The molecule has 12 nitrogen and oxygen atoms in total. The SMILES string of the molecule is CC(=O)/C=C(/C)O.N=C(N=C([NH-])c1ccccn1)c1ccccc1.[B]1/C=C\C=C/NC[n+]2ccccc21.[CH2-]c1ccccc1[N-]c1ccccc1PCC(C)C.[CH2-]c1ccccc1[N-]c1ccccc1[CH2-].[Cu+].[Cu].[Cu].[Pt].[c-]1ccccc1-c1ccccn1.c1ccc(Pc2ccccc2Oc2ccccc2[PH+](c2ccccc2)c2ccccc2)cc1.c1ccccc1. The molecule has 1 aliphatic rings. The van der Waals surface area contributed by atoms with Crippen LogP contribution in [0.5, 0.6) is 11.5 Å². The summed E-state index contributed by atoms with van der Waals surface area (Å²) >= 11 is 0. The van der Waals surface area contributed by atoms with Gasteiger partial charge in [0.05, 0.1) is 11.5 Å². The second-order valence-corrected chi connectivity index (χ2v) is 32.5. The quantitative estimate of drug-likeness (QED) is 0.0113. The van der Waals surface area contributed by atoms with Crippen molar-refractivity contribution in [2.75, 3.05) is 6.16 Å². The molecule has 2 unspecified atom stereocenters. The summed E-state index contributed by atoms with van der Waals surface area (Å²) in [5, 5.41) is 36.4. The van der Waals surface area contributed by atoms with E-state index in [9.17, 15) is 4.79 Å². The van der Waals surface area contributed by atoms with E-state index in [1.54, 1.807) is 42.7 Å². The molecule has 4 heterocycles. The molecular weight excluding hydrogens is 1940 g/mol. The molecule has 4 N–H and O–H groups in total. The third-order valence-electron chi connectivity index (χ3n) is 17.4. The molecule has 653 valence electrons. The molecule has 0 fully saturated rings. The number of aliphatic hydroxyl groups excluding tert-OH is 1. The standard InChI is InChI=1S/C30H24OP2.C17H20NP.C14H12N.C13H11N4.C11H8N.C10H11BN2.C6H6.C5H8O2.3Cu.Pt/c1-4-14-24(15-5-1)32-29-22-12-10-20-27(29)31-28-21-11-13-23-30(28)33(25-16-6-2-7-17-25)26-18-8-3-9-19-26;1-13(2)12-19-17-11-7-6-10-16(17)18-15-9-5-4-8-14(15)3;1-11-7-3-5-9-13(11)15-14-10-6-4-8-12(14)2;14-12(10-6-2-1-3-7-10)17-13(15)11-8-4-5-9-16-11;1-2-6-10(7-3-1)11-8-4-5-9-12-11;1-4-8-13-9-12-7-3-2-6-11-10(13)5-1;1-2-4-6-5-3-1;1-4(6)3-5(2)7;;;;/h1-23,32H;4-11,13,19H,3,12H2,1-2H3;3-10H,1-2H2;1-9H,(H2-,14,15,17);1-6,8-9H;1-8,12H,9H2;1-6H;3,6H,1-2H3;;;;/q;-2;-3;2*-1;+1;;;;;+1;/p+1/b;;;;;6-2-,7-3-;;4-3-;;;;. The number of benzene rings is 12. The van der Waals surface area contributed by atoms with Gasteiger partial charge >= 0.3 is 17.1 Å². The van der Waals surface area contributed by atoms with Crippen LogP contribution in [-0.2, 0) is 83.7 Å². The summed E-state index contributed by atoms with van der Waals surface area (Å²) in [5.41, 5.74) is 18.8. The number of hydrogen-bond donors (Lipinski definition) is 3. The number of allylic oxidation sites excluding steroid dienone is 4. The van der Waals surface area contributed by atoms with Gasteiger partial charge in [-0.05, 0) is 126 Å². The minimum Gasteiger partial charge on any atom is -0.774 e. The second kappa shape index (κ2) is 60.8. The van der Waals surface area contributed by atoms with Crippen LogP contribution in [0.1, 0.15) is 55.6 Å². The molecule has 15 aromatic rings. The molecule has 12 aromatic carbocycles. The first-order chi connectivity index (χ1) is 59.6. The average molecular weight is 2040 g/mol. The van der Waals surface area contributed by atoms with Crippen LogP contribution in [0.4, 0.5) is 22.7 Å². The predicted octanol–water partition coefficient (Wildman–Crippen LogP) is 23.2. The van der Waals surface area contributed by atoms with Gasteiger partial charge in [-0.3, -0.25) is 26.8 Å². The number of nitrogens with one attached hydrogen (secondary N) is 3. The van der Waals surface area contributed by atoms with Gasteiger partial charge in [0.2, 0.25) is 6.67 Å². The molecule has 0 spiro atoms. The van der Waals surface area contributed by atoms with E-state index in [1.807, 2.05) is 212 Å². The van der Waals surface area contributed by atoms with Crippen molar-refractivity contribution in [1.29, 1.82) is 5.41 Å². The Morgan fingerprint density at radius 2 is 1.04 bits per heavy atom. The third kappa shape index (κ3) is 38.4. The maximum Gasteiger partial charge on any atom is 1.00 e. The van der Waals surface area contributed by atoms with E-state index in [2.05, 4.69) is 248 Å². The van der Waals surface area contributed by atoms with Crippen molar-refractivity contribution >= 4 is 110 Å². The first kappa shape index (κ1) is 105. The molecule has 0 saturated heterocycles. The second-order valence-electron chi connectivity index (χ2n) is 27.4. The average Bonchev–Trinajstić information content (AvgIpc) is 0.808. The number of ether oxygens (including phenoxy) is 1. The summed E-state index contributed by atoms with van der Waals surface area (Å²) in [4.78, 5) is 22.2. The Kier molecular flexibility index (Phi) is 50.6. The van der Waals surface area contributed by atoms with Gasteiger partial charge in [-0.15, -0.1) is 84.0 Å². The fourth-order valence-corrected chi connectivity index (χ4v) is 16.3. The molecule has 20 heteroatoms. The van der Waals surface area contributed by atoms with Gasteiger partial charge in [0, 0.05) is 97.1 Å². The number of aromatic nitrogens is 3. The van der Waals surface area contributed by atoms with E-state index >= 15 is 0 Å². The Labute approximate surface area is 797 Å². The summed E-state index contributed by atoms with van der Waals surface area (Å²) < 4.78 is 8.82. The first-order valence-electron chi connectivity index (χ1n) is 39.8. The number of carbonyl (C=O) groups is 1. The number of rotatable bonds is 18. The largest absolute Gasteiger partial charge is 1.00 e. The molecule has 0 saturated carbocycles. The number of pyridine rings is 3. The molecule has 1 aliphatic heterocycles. The summed E-state index contributed by atoms with van der Waals surface area (Å²) in [7, 11) is 2.24. The fourth-order valence-electron chi connectivity index (χ4n) is 11.4. The Bertz CT molecular complexity index is 5560. The fraction of sp³-hybridized carbons (Fsp3) is 0.0660. The molecule has 3 radical (unpaired) electrons. The van der Waals surface area contributed by atoms with Crippen molar-refractivity contribution in [2.24, 2.45) is 10.9 Å². The zero-order valence-corrected chi connectivity index (χ0v) is 78.4. The zero-order chi connectivity index (χ0) is 86.0. The van der Waals surface area contributed by atoms with Crippen molar-refractivity contribution in [3.05, 3.63) is 508 Å². The Hall–Kier alpha value is -11.7. The number of aliphatic hydroxyl groups is 1. The van der Waals surface area contributed by atoms with Crippen LogP contribution in [0.15, 0.2) is 442 Å². The molecule has 0 bridgehead atoms. The van der Waals surface area contributed by atoms with Gasteiger partial charge in [-0.1, -0.05) is 268 Å². The van der Waals surface area contributed by atoms with E-state index in [1.165, 1.54) is 63.5 Å². The molecular formula is C106H101BCu3N9O3P3Pt-4. The van der Waals surface area contributed by atoms with Crippen LogP contribution in [0, 0.1) is 38.2 Å². The molecule has 2 atom stereocenters. The number of hydrogen-bond acceptors (Lipinski definition) is 7. The van der Waals surface area contributed by atoms with E-state index in [0.29, 0.717) is 19.8 Å². The summed E-state index contributed by atoms with van der Waals surface area (Å²) in [6.45, 7) is 20.1. The van der Waals surface area contributed by atoms with Crippen LogP contribution in [-0.4, -0.2) is 46.0 Å². The van der Waals surface area contributed by atoms with Crippen molar-refractivity contribution < 1.29 is 91.5 Å².